The first-order chi connectivity index (χ1) is 21.5. The summed E-state index contributed by atoms with van der Waals surface area (Å²) < 4.78 is 63.5. The standard InChI is InChI=1S/C35H42ClF3N2O3SSi/c1-34(2,3)46(7,8)44-17-9-16-43-26-19-29(38)27(30(39)20-26)22-45-33-40-21-32(41(33)25-13-11-24(37)12-14-25)35(4,5)23-10-15-28(36)31(18-23)42-6/h10-15,18-21H,9,16-17,22H2,1-8H3. The Kier molecular flexibility index (Phi) is 11.3. The number of aromatic nitrogens is 2. The van der Waals surface area contributed by atoms with E-state index >= 15 is 8.78 Å². The summed E-state index contributed by atoms with van der Waals surface area (Å²) in [7, 11) is -0.315. The van der Waals surface area contributed by atoms with Crippen molar-refractivity contribution in [1.29, 1.82) is 0 Å². The molecule has 0 bridgehead atoms. The summed E-state index contributed by atoms with van der Waals surface area (Å²) in [5.41, 5.74) is 1.66. The van der Waals surface area contributed by atoms with E-state index < -0.39 is 25.4 Å². The quantitative estimate of drug-likeness (QED) is 0.0794. The lowest BCUT2D eigenvalue weighted by Crippen LogP contribution is -2.41. The molecule has 0 radical (unpaired) electrons. The van der Waals surface area contributed by atoms with E-state index in [9.17, 15) is 4.39 Å². The van der Waals surface area contributed by atoms with E-state index in [4.69, 9.17) is 25.5 Å². The molecule has 4 aromatic rings. The van der Waals surface area contributed by atoms with Crippen LogP contribution in [0.25, 0.3) is 5.69 Å². The maximum atomic E-state index is 15.2. The zero-order valence-corrected chi connectivity index (χ0v) is 30.2. The normalized spacial score (nSPS) is 12.4. The third-order valence-corrected chi connectivity index (χ3v) is 14.4. The molecule has 0 atom stereocenters. The number of hydrogen-bond donors (Lipinski definition) is 0. The van der Waals surface area contributed by atoms with Gasteiger partial charge in [-0.15, -0.1) is 0 Å². The number of nitrogens with zero attached hydrogens (tertiary/aromatic N) is 2. The highest BCUT2D eigenvalue weighted by molar-refractivity contribution is 7.98. The van der Waals surface area contributed by atoms with Crippen LogP contribution in [0.15, 0.2) is 66.0 Å². The lowest BCUT2D eigenvalue weighted by atomic mass is 9.81. The summed E-state index contributed by atoms with van der Waals surface area (Å²) >= 11 is 7.47. The van der Waals surface area contributed by atoms with Gasteiger partial charge in [0.15, 0.2) is 13.5 Å². The first kappa shape index (κ1) is 35.9. The number of halogens is 4. The van der Waals surface area contributed by atoms with Crippen molar-refractivity contribution < 1.29 is 27.1 Å². The Morgan fingerprint density at radius 3 is 2.17 bits per heavy atom. The molecule has 46 heavy (non-hydrogen) atoms. The smallest absolute Gasteiger partial charge is 0.191 e. The number of hydrogen-bond acceptors (Lipinski definition) is 5. The van der Waals surface area contributed by atoms with E-state index in [1.165, 1.54) is 36.0 Å². The summed E-state index contributed by atoms with van der Waals surface area (Å²) in [6.07, 6.45) is 2.34. The van der Waals surface area contributed by atoms with E-state index in [-0.39, 0.29) is 34.5 Å². The molecule has 0 N–H and O–H groups in total. The molecular formula is C35H42ClF3N2O3SSi. The van der Waals surface area contributed by atoms with E-state index in [2.05, 4.69) is 38.8 Å². The molecule has 3 aromatic carbocycles. The highest BCUT2D eigenvalue weighted by Crippen LogP contribution is 2.40. The average molecular weight is 691 g/mol. The topological polar surface area (TPSA) is 45.5 Å². The fourth-order valence-corrected chi connectivity index (χ4v) is 6.94. The van der Waals surface area contributed by atoms with E-state index in [0.717, 1.165) is 11.3 Å². The van der Waals surface area contributed by atoms with E-state index in [1.807, 2.05) is 30.5 Å². The minimum atomic E-state index is -1.87. The molecule has 4 rings (SSSR count). The third-order valence-electron chi connectivity index (χ3n) is 8.61. The molecule has 0 aliphatic carbocycles. The van der Waals surface area contributed by atoms with Gasteiger partial charge in [0, 0.05) is 47.6 Å². The van der Waals surface area contributed by atoms with Gasteiger partial charge in [-0.2, -0.15) is 0 Å². The summed E-state index contributed by atoms with van der Waals surface area (Å²) in [5, 5.41) is 1.09. The second-order valence-electron chi connectivity index (χ2n) is 13.2. The van der Waals surface area contributed by atoms with Gasteiger partial charge < -0.3 is 13.9 Å². The highest BCUT2D eigenvalue weighted by Gasteiger charge is 2.37. The molecule has 0 unspecified atom stereocenters. The number of methoxy groups -OCH3 is 1. The Labute approximate surface area is 280 Å². The summed E-state index contributed by atoms with van der Waals surface area (Å²) in [6, 6.07) is 14.0. The van der Waals surface area contributed by atoms with Gasteiger partial charge in [-0.05, 0) is 60.1 Å². The number of rotatable bonds is 13. The van der Waals surface area contributed by atoms with Crippen LogP contribution >= 0.6 is 23.4 Å². The summed E-state index contributed by atoms with van der Waals surface area (Å²) in [4.78, 5) is 4.65. The van der Waals surface area contributed by atoms with Crippen molar-refractivity contribution >= 4 is 31.7 Å². The Morgan fingerprint density at radius 1 is 0.913 bits per heavy atom. The van der Waals surface area contributed by atoms with Crippen molar-refractivity contribution in [3.63, 3.8) is 0 Å². The molecule has 1 heterocycles. The minimum absolute atomic E-state index is 0.0227. The van der Waals surface area contributed by atoms with Gasteiger partial charge in [-0.1, -0.05) is 64.0 Å². The first-order valence-corrected chi connectivity index (χ1v) is 19.4. The van der Waals surface area contributed by atoms with Crippen LogP contribution < -0.4 is 9.47 Å². The lowest BCUT2D eigenvalue weighted by Gasteiger charge is -2.36. The second kappa shape index (κ2) is 14.5. The first-order valence-electron chi connectivity index (χ1n) is 15.1. The van der Waals surface area contributed by atoms with Gasteiger partial charge in [-0.25, -0.2) is 18.2 Å². The number of ether oxygens (including phenoxy) is 2. The fourth-order valence-electron chi connectivity index (χ4n) is 4.64. The van der Waals surface area contributed by atoms with Gasteiger partial charge in [-0.3, -0.25) is 4.57 Å². The zero-order valence-electron chi connectivity index (χ0n) is 27.6. The van der Waals surface area contributed by atoms with Crippen molar-refractivity contribution in [2.75, 3.05) is 20.3 Å². The van der Waals surface area contributed by atoms with Crippen LogP contribution in [0.3, 0.4) is 0 Å². The maximum absolute atomic E-state index is 15.2. The number of thioether (sulfide) groups is 1. The number of benzene rings is 3. The predicted octanol–water partition coefficient (Wildman–Crippen LogP) is 10.4. The molecule has 248 valence electrons. The monoisotopic (exact) mass is 690 g/mol. The molecule has 0 aliphatic rings. The van der Waals surface area contributed by atoms with E-state index in [0.29, 0.717) is 34.6 Å². The van der Waals surface area contributed by atoms with E-state index in [1.54, 1.807) is 31.5 Å². The molecule has 11 heteroatoms. The van der Waals surface area contributed by atoms with Gasteiger partial charge in [0.25, 0.3) is 0 Å². The third kappa shape index (κ3) is 8.13. The molecule has 0 saturated heterocycles. The molecule has 0 aliphatic heterocycles. The predicted molar refractivity (Wildman–Crippen MR) is 183 cm³/mol. The molecule has 0 fully saturated rings. The van der Waals surface area contributed by atoms with Crippen LogP contribution in [0, 0.1) is 17.5 Å². The average Bonchev–Trinajstić information content (AvgIpc) is 3.41. The summed E-state index contributed by atoms with van der Waals surface area (Å²) in [6.45, 7) is 15.8. The molecular weight excluding hydrogens is 649 g/mol. The van der Waals surface area contributed by atoms with Crippen LogP contribution in [0.4, 0.5) is 13.2 Å². The van der Waals surface area contributed by atoms with Crippen molar-refractivity contribution in [2.45, 2.75) is 75.5 Å². The molecule has 0 amide bonds. The summed E-state index contributed by atoms with van der Waals surface area (Å²) in [5.74, 6) is -1.14. The van der Waals surface area contributed by atoms with Crippen LogP contribution in [0.1, 0.15) is 57.9 Å². The van der Waals surface area contributed by atoms with Crippen molar-refractivity contribution in [1.82, 2.24) is 9.55 Å². The SMILES string of the molecule is COc1cc(C(C)(C)c2cnc(SCc3c(F)cc(OCCCO[Si](C)(C)C(C)(C)C)cc3F)n2-c2ccc(F)cc2)ccc1Cl. The highest BCUT2D eigenvalue weighted by atomic mass is 35.5. The molecule has 0 spiro atoms. The Hall–Kier alpha value is -2.92. The second-order valence-corrected chi connectivity index (χ2v) is 19.3. The van der Waals surface area contributed by atoms with Crippen LogP contribution in [0.2, 0.25) is 23.2 Å². The lowest BCUT2D eigenvalue weighted by molar-refractivity contribution is 0.233. The van der Waals surface area contributed by atoms with Crippen molar-refractivity contribution in [3.8, 4) is 17.2 Å². The fraction of sp³-hybridized carbons (Fsp3) is 0.400. The molecule has 0 saturated carbocycles. The van der Waals surface area contributed by atoms with Gasteiger partial charge in [0.1, 0.15) is 29.0 Å². The van der Waals surface area contributed by atoms with Crippen molar-refractivity contribution in [3.05, 3.63) is 100 Å². The molecule has 5 nitrogen and oxygen atoms in total. The van der Waals surface area contributed by atoms with Crippen molar-refractivity contribution in [2.24, 2.45) is 0 Å². The maximum Gasteiger partial charge on any atom is 0.191 e. The Balaban J connectivity index is 1.53. The van der Waals surface area contributed by atoms with Crippen LogP contribution in [-0.4, -0.2) is 38.2 Å². The largest absolute Gasteiger partial charge is 0.495 e. The van der Waals surface area contributed by atoms with Gasteiger partial charge in [0.05, 0.1) is 30.6 Å². The van der Waals surface area contributed by atoms with Crippen LogP contribution in [0.5, 0.6) is 11.5 Å². The molecule has 1 aromatic heterocycles. The number of imidazole rings is 1. The Bertz CT molecular complexity index is 1630. The minimum Gasteiger partial charge on any atom is -0.495 e. The van der Waals surface area contributed by atoms with Gasteiger partial charge in [0.2, 0.25) is 0 Å². The zero-order chi connectivity index (χ0) is 33.9. The Morgan fingerprint density at radius 2 is 1.57 bits per heavy atom. The van der Waals surface area contributed by atoms with Crippen LogP contribution in [-0.2, 0) is 15.6 Å². The van der Waals surface area contributed by atoms with Gasteiger partial charge >= 0.3 is 0 Å².